The third-order valence-corrected chi connectivity index (χ3v) is 5.25. The van der Waals surface area contributed by atoms with Gasteiger partial charge in [-0.05, 0) is 47.8 Å². The topological polar surface area (TPSA) is 62.7 Å². The molecule has 0 bridgehead atoms. The molecule has 1 aliphatic rings. The molecule has 0 spiro atoms. The van der Waals surface area contributed by atoms with E-state index in [-0.39, 0.29) is 0 Å². The molecule has 0 saturated heterocycles. The first kappa shape index (κ1) is 16.5. The van der Waals surface area contributed by atoms with Crippen molar-refractivity contribution in [2.45, 2.75) is 52.4 Å². The van der Waals surface area contributed by atoms with Crippen molar-refractivity contribution in [3.63, 3.8) is 0 Å². The number of nitriles is 1. The average molecular weight is 319 g/mol. The van der Waals surface area contributed by atoms with Gasteiger partial charge in [0.1, 0.15) is 17.5 Å². The molecule has 124 valence electrons. The van der Waals surface area contributed by atoms with Gasteiger partial charge in [0.05, 0.1) is 0 Å². The van der Waals surface area contributed by atoms with E-state index in [0.717, 1.165) is 42.5 Å². The van der Waals surface area contributed by atoms with Crippen LogP contribution in [0.5, 0.6) is 0 Å². The van der Waals surface area contributed by atoms with Crippen LogP contribution in [0.3, 0.4) is 0 Å². The smallest absolute Gasteiger partial charge is 0.142 e. The molecule has 0 radical (unpaired) electrons. The maximum absolute atomic E-state index is 9.66. The second-order valence-corrected chi connectivity index (χ2v) is 7.08. The predicted octanol–water partition coefficient (Wildman–Crippen LogP) is 4.84. The molecule has 2 aromatic rings. The van der Waals surface area contributed by atoms with Crippen LogP contribution < -0.4 is 5.73 Å². The molecule has 1 atom stereocenters. The Bertz CT molecular complexity index is 782. The van der Waals surface area contributed by atoms with Crippen LogP contribution in [0.25, 0.3) is 11.1 Å². The molecule has 1 aromatic heterocycles. The van der Waals surface area contributed by atoms with E-state index in [4.69, 9.17) is 5.73 Å². The van der Waals surface area contributed by atoms with Crippen molar-refractivity contribution in [3.05, 3.63) is 46.6 Å². The van der Waals surface area contributed by atoms with Gasteiger partial charge in [0.15, 0.2) is 0 Å². The first-order valence-corrected chi connectivity index (χ1v) is 8.86. The Hall–Kier alpha value is -2.34. The van der Waals surface area contributed by atoms with Gasteiger partial charge in [-0.1, -0.05) is 51.5 Å². The number of aryl methyl sites for hydroxylation is 1. The molecule has 0 fully saturated rings. The fourth-order valence-electron chi connectivity index (χ4n) is 3.67. The molecule has 3 nitrogen and oxygen atoms in total. The molecule has 1 aromatic carbocycles. The Morgan fingerprint density at radius 3 is 2.58 bits per heavy atom. The molecule has 0 amide bonds. The molecule has 2 N–H and O–H groups in total. The van der Waals surface area contributed by atoms with Crippen molar-refractivity contribution in [3.8, 4) is 17.2 Å². The lowest BCUT2D eigenvalue weighted by Crippen LogP contribution is -2.18. The van der Waals surface area contributed by atoms with Crippen LogP contribution in [-0.4, -0.2) is 4.98 Å². The Kier molecular flexibility index (Phi) is 4.57. The lowest BCUT2D eigenvalue weighted by Gasteiger charge is -2.26. The third-order valence-electron chi connectivity index (χ3n) is 5.25. The Morgan fingerprint density at radius 2 is 2.00 bits per heavy atom. The lowest BCUT2D eigenvalue weighted by atomic mass is 9.80. The van der Waals surface area contributed by atoms with Gasteiger partial charge in [0, 0.05) is 11.3 Å². The van der Waals surface area contributed by atoms with Crippen molar-refractivity contribution >= 4 is 5.82 Å². The third kappa shape index (κ3) is 2.89. The van der Waals surface area contributed by atoms with Crippen molar-refractivity contribution in [2.24, 2.45) is 5.92 Å². The molecule has 1 aliphatic carbocycles. The normalized spacial score (nSPS) is 16.7. The zero-order valence-electron chi connectivity index (χ0n) is 14.8. The molecule has 3 heteroatoms. The van der Waals surface area contributed by atoms with Crippen LogP contribution >= 0.6 is 0 Å². The summed E-state index contributed by atoms with van der Waals surface area (Å²) in [5.41, 5.74) is 12.3. The van der Waals surface area contributed by atoms with Gasteiger partial charge in [0.2, 0.25) is 0 Å². The van der Waals surface area contributed by atoms with E-state index in [1.807, 2.05) is 0 Å². The van der Waals surface area contributed by atoms with Crippen LogP contribution in [0.4, 0.5) is 5.82 Å². The summed E-state index contributed by atoms with van der Waals surface area (Å²) in [5, 5.41) is 9.66. The van der Waals surface area contributed by atoms with E-state index >= 15 is 0 Å². The van der Waals surface area contributed by atoms with Crippen molar-refractivity contribution < 1.29 is 0 Å². The molecule has 1 unspecified atom stereocenters. The van der Waals surface area contributed by atoms with Gasteiger partial charge < -0.3 is 5.73 Å². The summed E-state index contributed by atoms with van der Waals surface area (Å²) in [4.78, 5) is 4.54. The number of anilines is 1. The standard InChI is InChI=1S/C21H25N3/c1-4-14-5-10-19-17(11-14)20(18(12-22)21(23)24-19)16-8-6-15(7-9-16)13(2)3/h6-9,13-14H,4-5,10-11H2,1-3H3,(H2,23,24). The number of nitrogen functional groups attached to an aromatic ring is 1. The fraction of sp³-hybridized carbons (Fsp3) is 0.429. The van der Waals surface area contributed by atoms with Crippen LogP contribution in [0.1, 0.15) is 61.9 Å². The number of rotatable bonds is 3. The minimum absolute atomic E-state index is 0.370. The number of fused-ring (bicyclic) bond motifs is 1. The van der Waals surface area contributed by atoms with E-state index in [1.165, 1.54) is 11.1 Å². The Morgan fingerprint density at radius 1 is 1.29 bits per heavy atom. The minimum Gasteiger partial charge on any atom is -0.383 e. The summed E-state index contributed by atoms with van der Waals surface area (Å²) in [6, 6.07) is 10.9. The van der Waals surface area contributed by atoms with Crippen LogP contribution in [-0.2, 0) is 12.8 Å². The second-order valence-electron chi connectivity index (χ2n) is 7.08. The van der Waals surface area contributed by atoms with Crippen molar-refractivity contribution in [2.75, 3.05) is 5.73 Å². The highest BCUT2D eigenvalue weighted by Gasteiger charge is 2.25. The van der Waals surface area contributed by atoms with E-state index in [0.29, 0.717) is 23.2 Å². The van der Waals surface area contributed by atoms with Gasteiger partial charge in [0.25, 0.3) is 0 Å². The molecule has 3 rings (SSSR count). The number of hydrogen-bond acceptors (Lipinski definition) is 3. The highest BCUT2D eigenvalue weighted by molar-refractivity contribution is 5.79. The number of pyridine rings is 1. The zero-order chi connectivity index (χ0) is 17.3. The zero-order valence-corrected chi connectivity index (χ0v) is 14.8. The summed E-state index contributed by atoms with van der Waals surface area (Å²) in [6.45, 7) is 6.62. The van der Waals surface area contributed by atoms with Gasteiger partial charge in [-0.15, -0.1) is 0 Å². The van der Waals surface area contributed by atoms with E-state index < -0.39 is 0 Å². The molecular formula is C21H25N3. The number of aromatic nitrogens is 1. The highest BCUT2D eigenvalue weighted by Crippen LogP contribution is 2.38. The monoisotopic (exact) mass is 319 g/mol. The summed E-state index contributed by atoms with van der Waals surface area (Å²) in [7, 11) is 0. The van der Waals surface area contributed by atoms with Crippen LogP contribution in [0.15, 0.2) is 24.3 Å². The lowest BCUT2D eigenvalue weighted by molar-refractivity contribution is 0.441. The van der Waals surface area contributed by atoms with Crippen LogP contribution in [0.2, 0.25) is 0 Å². The van der Waals surface area contributed by atoms with Gasteiger partial charge >= 0.3 is 0 Å². The summed E-state index contributed by atoms with van der Waals surface area (Å²) >= 11 is 0. The average Bonchev–Trinajstić information content (AvgIpc) is 2.60. The SMILES string of the molecule is CCC1CCc2nc(N)c(C#N)c(-c3ccc(C(C)C)cc3)c2C1. The molecule has 1 heterocycles. The van der Waals surface area contributed by atoms with E-state index in [2.05, 4.69) is 56.1 Å². The minimum atomic E-state index is 0.370. The molecule has 0 aliphatic heterocycles. The van der Waals surface area contributed by atoms with Gasteiger partial charge in [-0.2, -0.15) is 5.26 Å². The quantitative estimate of drug-likeness (QED) is 0.880. The van der Waals surface area contributed by atoms with E-state index in [9.17, 15) is 5.26 Å². The molecule has 24 heavy (non-hydrogen) atoms. The first-order chi connectivity index (χ1) is 11.5. The van der Waals surface area contributed by atoms with Crippen LogP contribution in [0, 0.1) is 17.2 Å². The first-order valence-electron chi connectivity index (χ1n) is 8.86. The molecule has 0 saturated carbocycles. The fourth-order valence-corrected chi connectivity index (χ4v) is 3.67. The Balaban J connectivity index is 2.18. The van der Waals surface area contributed by atoms with E-state index in [1.54, 1.807) is 0 Å². The summed E-state index contributed by atoms with van der Waals surface area (Å²) in [5.74, 6) is 1.53. The maximum atomic E-state index is 9.66. The van der Waals surface area contributed by atoms with Gasteiger partial charge in [-0.25, -0.2) is 4.98 Å². The van der Waals surface area contributed by atoms with Crippen molar-refractivity contribution in [1.29, 1.82) is 5.26 Å². The van der Waals surface area contributed by atoms with Crippen molar-refractivity contribution in [1.82, 2.24) is 4.98 Å². The second kappa shape index (κ2) is 6.65. The predicted molar refractivity (Wildman–Crippen MR) is 98.7 cm³/mol. The maximum Gasteiger partial charge on any atom is 0.142 e. The van der Waals surface area contributed by atoms with Gasteiger partial charge in [-0.3, -0.25) is 0 Å². The summed E-state index contributed by atoms with van der Waals surface area (Å²) < 4.78 is 0. The molecular weight excluding hydrogens is 294 g/mol. The highest BCUT2D eigenvalue weighted by atomic mass is 14.9. The summed E-state index contributed by atoms with van der Waals surface area (Å²) in [6.07, 6.45) is 4.28. The number of nitrogens with zero attached hydrogens (tertiary/aromatic N) is 2. The Labute approximate surface area is 144 Å². The largest absolute Gasteiger partial charge is 0.383 e. The number of nitrogens with two attached hydrogens (primary N) is 1. The number of hydrogen-bond donors (Lipinski definition) is 1. The number of benzene rings is 1.